The van der Waals surface area contributed by atoms with Gasteiger partial charge in [-0.15, -0.1) is 0 Å². The van der Waals surface area contributed by atoms with Crippen LogP contribution in [-0.2, 0) is 35.4 Å². The standard InChI is InChI=1S/C22H27NO4/c1-3-26-22(24)20(23)12-15-7-10-21(25-2)18(11-15)14-27-19-9-8-16-5-4-6-17(16)13-19/h7-11,13,20H,3-6,12,14,23H2,1-2H3. The molecule has 1 aliphatic rings. The molecule has 144 valence electrons. The maximum Gasteiger partial charge on any atom is 0.323 e. The van der Waals surface area contributed by atoms with E-state index in [0.717, 1.165) is 35.5 Å². The summed E-state index contributed by atoms with van der Waals surface area (Å²) in [6, 6.07) is 11.4. The molecule has 1 unspecified atom stereocenters. The highest BCUT2D eigenvalue weighted by Crippen LogP contribution is 2.28. The molecular formula is C22H27NO4. The van der Waals surface area contributed by atoms with E-state index >= 15 is 0 Å². The number of benzene rings is 2. The lowest BCUT2D eigenvalue weighted by Crippen LogP contribution is -2.34. The smallest absolute Gasteiger partial charge is 0.323 e. The molecule has 2 aromatic carbocycles. The summed E-state index contributed by atoms with van der Waals surface area (Å²) in [6.07, 6.45) is 3.91. The summed E-state index contributed by atoms with van der Waals surface area (Å²) in [5, 5.41) is 0. The van der Waals surface area contributed by atoms with Crippen LogP contribution in [0.2, 0.25) is 0 Å². The number of ether oxygens (including phenoxy) is 3. The second-order valence-corrected chi connectivity index (χ2v) is 6.78. The van der Waals surface area contributed by atoms with Crippen molar-refractivity contribution in [1.29, 1.82) is 0 Å². The molecule has 1 atom stereocenters. The van der Waals surface area contributed by atoms with Crippen LogP contribution in [0.3, 0.4) is 0 Å². The average Bonchev–Trinajstić information content (AvgIpc) is 3.14. The molecule has 0 spiro atoms. The van der Waals surface area contributed by atoms with Crippen molar-refractivity contribution >= 4 is 5.97 Å². The first-order chi connectivity index (χ1) is 13.1. The quantitative estimate of drug-likeness (QED) is 0.724. The number of rotatable bonds is 8. The number of methoxy groups -OCH3 is 1. The summed E-state index contributed by atoms with van der Waals surface area (Å²) in [5.74, 6) is 1.24. The molecule has 1 aliphatic carbocycles. The highest BCUT2D eigenvalue weighted by atomic mass is 16.5. The predicted octanol–water partition coefficient (Wildman–Crippen LogP) is 3.20. The zero-order chi connectivity index (χ0) is 19.2. The number of aryl methyl sites for hydroxylation is 2. The Hall–Kier alpha value is -2.53. The van der Waals surface area contributed by atoms with E-state index in [9.17, 15) is 4.79 Å². The Kier molecular flexibility index (Phi) is 6.35. The molecule has 5 nitrogen and oxygen atoms in total. The van der Waals surface area contributed by atoms with E-state index in [0.29, 0.717) is 19.6 Å². The van der Waals surface area contributed by atoms with E-state index in [4.69, 9.17) is 19.9 Å². The fourth-order valence-corrected chi connectivity index (χ4v) is 3.46. The second-order valence-electron chi connectivity index (χ2n) is 6.78. The van der Waals surface area contributed by atoms with Gasteiger partial charge in [0.25, 0.3) is 0 Å². The molecule has 2 aromatic rings. The topological polar surface area (TPSA) is 70.8 Å². The molecule has 5 heteroatoms. The summed E-state index contributed by atoms with van der Waals surface area (Å²) >= 11 is 0. The third-order valence-corrected chi connectivity index (χ3v) is 4.85. The number of hydrogen-bond acceptors (Lipinski definition) is 5. The van der Waals surface area contributed by atoms with Gasteiger partial charge in [-0.2, -0.15) is 0 Å². The maximum atomic E-state index is 11.8. The van der Waals surface area contributed by atoms with E-state index in [-0.39, 0.29) is 5.97 Å². The second kappa shape index (κ2) is 8.91. The van der Waals surface area contributed by atoms with Gasteiger partial charge in [-0.05, 0) is 73.6 Å². The van der Waals surface area contributed by atoms with Crippen molar-refractivity contribution in [1.82, 2.24) is 0 Å². The first kappa shape index (κ1) is 19.2. The molecule has 3 rings (SSSR count). The Balaban J connectivity index is 1.69. The van der Waals surface area contributed by atoms with Gasteiger partial charge < -0.3 is 19.9 Å². The molecule has 0 saturated heterocycles. The summed E-state index contributed by atoms with van der Waals surface area (Å²) in [7, 11) is 1.64. The first-order valence-corrected chi connectivity index (χ1v) is 9.43. The van der Waals surface area contributed by atoms with Gasteiger partial charge in [0, 0.05) is 5.56 Å². The molecule has 27 heavy (non-hydrogen) atoms. The van der Waals surface area contributed by atoms with Gasteiger partial charge in [-0.1, -0.05) is 12.1 Å². The fraction of sp³-hybridized carbons (Fsp3) is 0.409. The molecule has 0 amide bonds. The van der Waals surface area contributed by atoms with Crippen molar-refractivity contribution in [3.05, 3.63) is 58.7 Å². The number of hydrogen-bond donors (Lipinski definition) is 1. The molecule has 0 radical (unpaired) electrons. The molecule has 0 fully saturated rings. The van der Waals surface area contributed by atoms with E-state index in [2.05, 4.69) is 12.1 Å². The van der Waals surface area contributed by atoms with Gasteiger partial charge in [-0.25, -0.2) is 0 Å². The van der Waals surface area contributed by atoms with E-state index < -0.39 is 6.04 Å². The van der Waals surface area contributed by atoms with Gasteiger partial charge >= 0.3 is 5.97 Å². The normalized spacial score (nSPS) is 13.7. The zero-order valence-corrected chi connectivity index (χ0v) is 16.0. The van der Waals surface area contributed by atoms with Crippen LogP contribution in [0.25, 0.3) is 0 Å². The van der Waals surface area contributed by atoms with Crippen LogP contribution in [0, 0.1) is 0 Å². The van der Waals surface area contributed by atoms with Crippen LogP contribution in [0.1, 0.15) is 35.6 Å². The van der Waals surface area contributed by atoms with Crippen molar-refractivity contribution in [2.75, 3.05) is 13.7 Å². The van der Waals surface area contributed by atoms with Crippen LogP contribution in [0.15, 0.2) is 36.4 Å². The minimum absolute atomic E-state index is 0.328. The van der Waals surface area contributed by atoms with Crippen LogP contribution in [0.4, 0.5) is 0 Å². The van der Waals surface area contributed by atoms with Crippen molar-refractivity contribution in [2.45, 2.75) is 45.3 Å². The lowest BCUT2D eigenvalue weighted by molar-refractivity contribution is -0.144. The number of carbonyl (C=O) groups excluding carboxylic acids is 1. The van der Waals surface area contributed by atoms with Gasteiger partial charge in [0.05, 0.1) is 13.7 Å². The lowest BCUT2D eigenvalue weighted by atomic mass is 10.0. The number of nitrogens with two attached hydrogens (primary N) is 1. The largest absolute Gasteiger partial charge is 0.496 e. The molecular weight excluding hydrogens is 342 g/mol. The van der Waals surface area contributed by atoms with Gasteiger partial charge in [0.1, 0.15) is 24.1 Å². The molecule has 0 bridgehead atoms. The maximum absolute atomic E-state index is 11.8. The van der Waals surface area contributed by atoms with Crippen molar-refractivity contribution in [3.63, 3.8) is 0 Å². The summed E-state index contributed by atoms with van der Waals surface area (Å²) in [4.78, 5) is 11.8. The Bertz CT molecular complexity index is 803. The Morgan fingerprint density at radius 1 is 1.15 bits per heavy atom. The fourth-order valence-electron chi connectivity index (χ4n) is 3.46. The number of carbonyl (C=O) groups is 1. The Labute approximate surface area is 160 Å². The predicted molar refractivity (Wildman–Crippen MR) is 104 cm³/mol. The van der Waals surface area contributed by atoms with Gasteiger partial charge in [0.15, 0.2) is 0 Å². The molecule has 0 saturated carbocycles. The van der Waals surface area contributed by atoms with Crippen LogP contribution in [0.5, 0.6) is 11.5 Å². The monoisotopic (exact) mass is 369 g/mol. The summed E-state index contributed by atoms with van der Waals surface area (Å²) in [5.41, 5.74) is 10.6. The molecule has 2 N–H and O–H groups in total. The lowest BCUT2D eigenvalue weighted by Gasteiger charge is -2.15. The highest BCUT2D eigenvalue weighted by Gasteiger charge is 2.16. The zero-order valence-electron chi connectivity index (χ0n) is 16.0. The van der Waals surface area contributed by atoms with E-state index in [1.165, 1.54) is 17.5 Å². The van der Waals surface area contributed by atoms with Crippen molar-refractivity contribution in [2.24, 2.45) is 5.73 Å². The highest BCUT2D eigenvalue weighted by molar-refractivity contribution is 5.75. The van der Waals surface area contributed by atoms with Crippen LogP contribution in [-0.4, -0.2) is 25.7 Å². The van der Waals surface area contributed by atoms with Gasteiger partial charge in [-0.3, -0.25) is 4.79 Å². The minimum Gasteiger partial charge on any atom is -0.496 e. The third kappa shape index (κ3) is 4.80. The molecule has 0 heterocycles. The molecule has 0 aromatic heterocycles. The third-order valence-electron chi connectivity index (χ3n) is 4.85. The van der Waals surface area contributed by atoms with Crippen molar-refractivity contribution < 1.29 is 19.0 Å². The average molecular weight is 369 g/mol. The Morgan fingerprint density at radius 2 is 1.96 bits per heavy atom. The Morgan fingerprint density at radius 3 is 2.74 bits per heavy atom. The number of esters is 1. The minimum atomic E-state index is -0.677. The summed E-state index contributed by atoms with van der Waals surface area (Å²) in [6.45, 7) is 2.49. The van der Waals surface area contributed by atoms with Crippen LogP contribution >= 0.6 is 0 Å². The van der Waals surface area contributed by atoms with Crippen LogP contribution < -0.4 is 15.2 Å². The SMILES string of the molecule is CCOC(=O)C(N)Cc1ccc(OC)c(COc2ccc3c(c2)CCC3)c1. The van der Waals surface area contributed by atoms with E-state index in [1.807, 2.05) is 24.3 Å². The first-order valence-electron chi connectivity index (χ1n) is 9.43. The molecule has 0 aliphatic heterocycles. The number of fused-ring (bicyclic) bond motifs is 1. The van der Waals surface area contributed by atoms with Gasteiger partial charge in [0.2, 0.25) is 0 Å². The van der Waals surface area contributed by atoms with E-state index in [1.54, 1.807) is 14.0 Å². The van der Waals surface area contributed by atoms with Crippen molar-refractivity contribution in [3.8, 4) is 11.5 Å². The summed E-state index contributed by atoms with van der Waals surface area (Å²) < 4.78 is 16.4.